The maximum Gasteiger partial charge on any atom is 0.389 e. The van der Waals surface area contributed by atoms with Crippen molar-refractivity contribution in [1.82, 2.24) is 10.6 Å². The largest absolute Gasteiger partial charge is 0.389 e. The third-order valence-electron chi connectivity index (χ3n) is 2.60. The molecule has 0 bridgehead atoms. The second-order valence-corrected chi connectivity index (χ2v) is 4.13. The van der Waals surface area contributed by atoms with Gasteiger partial charge in [0.2, 0.25) is 5.91 Å². The van der Waals surface area contributed by atoms with Crippen LogP contribution in [0.25, 0.3) is 0 Å². The molecule has 6 heteroatoms. The number of amides is 1. The zero-order chi connectivity index (χ0) is 12.0. The normalized spacial score (nSPS) is 21.1. The van der Waals surface area contributed by atoms with Gasteiger partial charge >= 0.3 is 6.18 Å². The molecule has 0 aromatic carbocycles. The predicted octanol–water partition coefficient (Wildman–Crippen LogP) is 1.44. The van der Waals surface area contributed by atoms with Crippen molar-refractivity contribution in [2.45, 2.75) is 31.9 Å². The van der Waals surface area contributed by atoms with E-state index in [2.05, 4.69) is 10.6 Å². The molecule has 0 radical (unpaired) electrons. The molecule has 0 aliphatic carbocycles. The summed E-state index contributed by atoms with van der Waals surface area (Å²) in [6.07, 6.45) is -3.62. The van der Waals surface area contributed by atoms with Crippen molar-refractivity contribution in [3.63, 3.8) is 0 Å². The van der Waals surface area contributed by atoms with Gasteiger partial charge in [0.1, 0.15) is 0 Å². The molecule has 0 aromatic rings. The monoisotopic (exact) mass is 238 g/mol. The number of alkyl halides is 3. The zero-order valence-corrected chi connectivity index (χ0v) is 9.07. The molecule has 0 aromatic heterocycles. The van der Waals surface area contributed by atoms with E-state index in [4.69, 9.17) is 0 Å². The molecule has 1 fully saturated rings. The summed E-state index contributed by atoms with van der Waals surface area (Å²) < 4.78 is 35.4. The first-order valence-corrected chi connectivity index (χ1v) is 5.51. The average molecular weight is 238 g/mol. The Balaban J connectivity index is 2.02. The number of carbonyl (C=O) groups is 1. The lowest BCUT2D eigenvalue weighted by Gasteiger charge is -2.09. The molecule has 1 aliphatic rings. The minimum atomic E-state index is -4.12. The van der Waals surface area contributed by atoms with Crippen LogP contribution in [0.1, 0.15) is 25.7 Å². The third kappa shape index (κ3) is 5.95. The van der Waals surface area contributed by atoms with Gasteiger partial charge in [-0.2, -0.15) is 13.2 Å². The Morgan fingerprint density at radius 3 is 2.75 bits per heavy atom. The lowest BCUT2D eigenvalue weighted by atomic mass is 10.0. The van der Waals surface area contributed by atoms with Crippen molar-refractivity contribution in [2.75, 3.05) is 19.6 Å². The van der Waals surface area contributed by atoms with E-state index in [0.717, 1.165) is 19.5 Å². The van der Waals surface area contributed by atoms with Crippen LogP contribution in [0.15, 0.2) is 0 Å². The summed E-state index contributed by atoms with van der Waals surface area (Å²) in [6, 6.07) is 0. The minimum absolute atomic E-state index is 0.0435. The fourth-order valence-electron chi connectivity index (χ4n) is 1.74. The first-order valence-electron chi connectivity index (χ1n) is 5.51. The van der Waals surface area contributed by atoms with Crippen LogP contribution in [0.5, 0.6) is 0 Å². The molecule has 1 atom stereocenters. The highest BCUT2D eigenvalue weighted by Gasteiger charge is 2.26. The Morgan fingerprint density at radius 1 is 1.44 bits per heavy atom. The van der Waals surface area contributed by atoms with E-state index in [-0.39, 0.29) is 18.9 Å². The summed E-state index contributed by atoms with van der Waals surface area (Å²) in [5.41, 5.74) is 0. The highest BCUT2D eigenvalue weighted by Crippen LogP contribution is 2.20. The van der Waals surface area contributed by atoms with Crippen LogP contribution < -0.4 is 10.6 Å². The van der Waals surface area contributed by atoms with E-state index in [1.165, 1.54) is 0 Å². The standard InChI is InChI=1S/C10H17F3N2O/c11-10(12,13)3-1-4-15-9(16)6-8-2-5-14-7-8/h8,14H,1-7H2,(H,15,16). The summed E-state index contributed by atoms with van der Waals surface area (Å²) >= 11 is 0. The van der Waals surface area contributed by atoms with Crippen LogP contribution in [0.2, 0.25) is 0 Å². The van der Waals surface area contributed by atoms with Gasteiger partial charge in [-0.05, 0) is 31.8 Å². The molecule has 1 saturated heterocycles. The van der Waals surface area contributed by atoms with Gasteiger partial charge in [0, 0.05) is 19.4 Å². The summed E-state index contributed by atoms with van der Waals surface area (Å²) in [6.45, 7) is 1.86. The Labute approximate surface area is 92.8 Å². The van der Waals surface area contributed by atoms with E-state index in [9.17, 15) is 18.0 Å². The zero-order valence-electron chi connectivity index (χ0n) is 9.07. The molecule has 2 N–H and O–H groups in total. The smallest absolute Gasteiger partial charge is 0.356 e. The van der Waals surface area contributed by atoms with Crippen molar-refractivity contribution in [2.24, 2.45) is 5.92 Å². The topological polar surface area (TPSA) is 41.1 Å². The van der Waals surface area contributed by atoms with Gasteiger partial charge in [0.15, 0.2) is 0 Å². The van der Waals surface area contributed by atoms with Crippen LogP contribution in [0, 0.1) is 5.92 Å². The second kappa shape index (κ2) is 6.08. The first kappa shape index (κ1) is 13.3. The number of rotatable bonds is 5. The number of carbonyl (C=O) groups excluding carboxylic acids is 1. The SMILES string of the molecule is O=C(CC1CCNC1)NCCCC(F)(F)F. The molecular weight excluding hydrogens is 221 g/mol. The van der Waals surface area contributed by atoms with Crippen LogP contribution in [0.4, 0.5) is 13.2 Å². The fraction of sp³-hybridized carbons (Fsp3) is 0.900. The van der Waals surface area contributed by atoms with Gasteiger partial charge in [0.05, 0.1) is 0 Å². The molecule has 3 nitrogen and oxygen atoms in total. The fourth-order valence-corrected chi connectivity index (χ4v) is 1.74. The minimum Gasteiger partial charge on any atom is -0.356 e. The van der Waals surface area contributed by atoms with Crippen molar-refractivity contribution in [1.29, 1.82) is 0 Å². The highest BCUT2D eigenvalue weighted by atomic mass is 19.4. The number of nitrogens with one attached hydrogen (secondary N) is 2. The molecular formula is C10H17F3N2O. The van der Waals surface area contributed by atoms with Crippen LogP contribution in [-0.2, 0) is 4.79 Å². The van der Waals surface area contributed by atoms with Gasteiger partial charge in [-0.15, -0.1) is 0 Å². The summed E-state index contributed by atoms with van der Waals surface area (Å²) in [5, 5.41) is 5.65. The molecule has 1 heterocycles. The summed E-state index contributed by atoms with van der Waals surface area (Å²) in [5.74, 6) is 0.193. The molecule has 1 amide bonds. The summed E-state index contributed by atoms with van der Waals surface area (Å²) in [4.78, 5) is 11.3. The van der Waals surface area contributed by atoms with E-state index in [0.29, 0.717) is 12.3 Å². The van der Waals surface area contributed by atoms with Crippen molar-refractivity contribution in [3.05, 3.63) is 0 Å². The van der Waals surface area contributed by atoms with E-state index >= 15 is 0 Å². The van der Waals surface area contributed by atoms with Crippen molar-refractivity contribution < 1.29 is 18.0 Å². The van der Waals surface area contributed by atoms with Crippen LogP contribution in [-0.4, -0.2) is 31.7 Å². The van der Waals surface area contributed by atoms with Crippen molar-refractivity contribution >= 4 is 5.91 Å². The summed E-state index contributed by atoms with van der Waals surface area (Å²) in [7, 11) is 0. The molecule has 94 valence electrons. The molecule has 1 unspecified atom stereocenters. The second-order valence-electron chi connectivity index (χ2n) is 4.13. The highest BCUT2D eigenvalue weighted by molar-refractivity contribution is 5.76. The van der Waals surface area contributed by atoms with Gasteiger partial charge in [-0.25, -0.2) is 0 Å². The molecule has 1 rings (SSSR count). The number of hydrogen-bond donors (Lipinski definition) is 2. The average Bonchev–Trinajstić information content (AvgIpc) is 2.63. The molecule has 1 aliphatic heterocycles. The molecule has 0 spiro atoms. The Kier molecular flexibility index (Phi) is 5.05. The first-order chi connectivity index (χ1) is 7.47. The maximum atomic E-state index is 11.8. The lowest BCUT2D eigenvalue weighted by molar-refractivity contribution is -0.136. The van der Waals surface area contributed by atoms with E-state index in [1.54, 1.807) is 0 Å². The van der Waals surface area contributed by atoms with Crippen LogP contribution >= 0.6 is 0 Å². The van der Waals surface area contributed by atoms with Crippen molar-refractivity contribution in [3.8, 4) is 0 Å². The Morgan fingerprint density at radius 2 is 2.19 bits per heavy atom. The Bertz CT molecular complexity index is 225. The maximum absolute atomic E-state index is 11.8. The van der Waals surface area contributed by atoms with Gasteiger partial charge in [0.25, 0.3) is 0 Å². The van der Waals surface area contributed by atoms with Gasteiger partial charge in [-0.1, -0.05) is 0 Å². The lowest BCUT2D eigenvalue weighted by Crippen LogP contribution is -2.27. The molecule has 0 saturated carbocycles. The van der Waals surface area contributed by atoms with Crippen LogP contribution in [0.3, 0.4) is 0 Å². The molecule has 16 heavy (non-hydrogen) atoms. The number of halogens is 3. The van der Waals surface area contributed by atoms with E-state index in [1.807, 2.05) is 0 Å². The quantitative estimate of drug-likeness (QED) is 0.712. The third-order valence-corrected chi connectivity index (χ3v) is 2.60. The number of hydrogen-bond acceptors (Lipinski definition) is 2. The van der Waals surface area contributed by atoms with Gasteiger partial charge < -0.3 is 10.6 Å². The van der Waals surface area contributed by atoms with E-state index < -0.39 is 12.6 Å². The predicted molar refractivity (Wildman–Crippen MR) is 53.9 cm³/mol. The van der Waals surface area contributed by atoms with Gasteiger partial charge in [-0.3, -0.25) is 4.79 Å². The Hall–Kier alpha value is -0.780.